The Labute approximate surface area is 198 Å². The Balaban J connectivity index is 1.43. The lowest BCUT2D eigenvalue weighted by Gasteiger charge is -2.09. The van der Waals surface area contributed by atoms with Crippen LogP contribution in [-0.2, 0) is 0 Å². The quantitative estimate of drug-likeness (QED) is 0.228. The van der Waals surface area contributed by atoms with Gasteiger partial charge in [0.25, 0.3) is 5.91 Å². The lowest BCUT2D eigenvalue weighted by molar-refractivity contribution is 0.0956. The maximum Gasteiger partial charge on any atom is 0.272 e. The maximum atomic E-state index is 13.0. The van der Waals surface area contributed by atoms with Crippen LogP contribution in [0.3, 0.4) is 0 Å². The SMILES string of the molecule is O=C(N/N=C\c1cccs1)c1cc(-c2ccc(N=Cc3cccs3)cc2)nc2ccccc12. The molecule has 0 saturated carbocycles. The third-order valence-corrected chi connectivity index (χ3v) is 6.52. The summed E-state index contributed by atoms with van der Waals surface area (Å²) in [6.07, 6.45) is 3.50. The highest BCUT2D eigenvalue weighted by Crippen LogP contribution is 2.26. The largest absolute Gasteiger partial charge is 0.272 e. The second-order valence-electron chi connectivity index (χ2n) is 7.11. The normalized spacial score (nSPS) is 11.5. The molecule has 0 bridgehead atoms. The summed E-state index contributed by atoms with van der Waals surface area (Å²) < 4.78 is 0. The van der Waals surface area contributed by atoms with E-state index in [1.54, 1.807) is 28.9 Å². The van der Waals surface area contributed by atoms with Crippen LogP contribution in [0.25, 0.3) is 22.2 Å². The summed E-state index contributed by atoms with van der Waals surface area (Å²) in [5.74, 6) is -0.278. The molecule has 0 saturated heterocycles. The molecule has 0 radical (unpaired) electrons. The Morgan fingerprint density at radius 3 is 2.30 bits per heavy atom. The molecule has 7 heteroatoms. The molecular weight excluding hydrogens is 448 g/mol. The van der Waals surface area contributed by atoms with Crippen molar-refractivity contribution in [2.45, 2.75) is 0 Å². The Hall–Kier alpha value is -3.94. The van der Waals surface area contributed by atoms with E-state index >= 15 is 0 Å². The first kappa shape index (κ1) is 20.9. The van der Waals surface area contributed by atoms with Crippen LogP contribution >= 0.6 is 22.7 Å². The molecule has 5 nitrogen and oxygen atoms in total. The van der Waals surface area contributed by atoms with Gasteiger partial charge in [-0.1, -0.05) is 42.5 Å². The number of aromatic nitrogens is 1. The molecule has 2 aromatic carbocycles. The van der Waals surface area contributed by atoms with E-state index in [2.05, 4.69) is 15.5 Å². The van der Waals surface area contributed by atoms with Crippen LogP contribution in [0.1, 0.15) is 20.1 Å². The molecule has 0 spiro atoms. The van der Waals surface area contributed by atoms with E-state index in [0.29, 0.717) is 5.56 Å². The standard InChI is InChI=1S/C26H18N4OS2/c31-26(30-28-17-21-6-4-14-33-21)23-15-25(29-24-8-2-1-7-22(23)24)18-9-11-19(12-10-18)27-16-20-5-3-13-32-20/h1-17H,(H,30,31)/b27-16?,28-17-. The van der Waals surface area contributed by atoms with Crippen LogP contribution in [-0.4, -0.2) is 23.3 Å². The van der Waals surface area contributed by atoms with Crippen LogP contribution < -0.4 is 5.43 Å². The van der Waals surface area contributed by atoms with E-state index < -0.39 is 0 Å². The first-order chi connectivity index (χ1) is 16.3. The monoisotopic (exact) mass is 466 g/mol. The molecule has 0 atom stereocenters. The molecule has 0 aliphatic rings. The van der Waals surface area contributed by atoms with Crippen molar-refractivity contribution in [1.82, 2.24) is 10.4 Å². The molecule has 160 valence electrons. The zero-order valence-electron chi connectivity index (χ0n) is 17.4. The fraction of sp³-hybridized carbons (Fsp3) is 0. The van der Waals surface area contributed by atoms with Gasteiger partial charge in [0.05, 0.1) is 28.7 Å². The molecule has 0 aliphatic heterocycles. The van der Waals surface area contributed by atoms with Crippen LogP contribution in [0.5, 0.6) is 0 Å². The molecule has 3 aromatic heterocycles. The minimum absolute atomic E-state index is 0.278. The lowest BCUT2D eigenvalue weighted by Crippen LogP contribution is -2.18. The number of nitrogens with one attached hydrogen (secondary N) is 1. The van der Waals surface area contributed by atoms with E-state index in [1.807, 2.05) is 95.8 Å². The van der Waals surface area contributed by atoms with Gasteiger partial charge in [-0.25, -0.2) is 10.4 Å². The van der Waals surface area contributed by atoms with Crippen molar-refractivity contribution in [3.05, 3.63) is 105 Å². The second-order valence-corrected chi connectivity index (χ2v) is 9.07. The predicted molar refractivity (Wildman–Crippen MR) is 138 cm³/mol. The number of rotatable bonds is 6. The molecule has 1 N–H and O–H groups in total. The van der Waals surface area contributed by atoms with Gasteiger partial charge < -0.3 is 0 Å². The van der Waals surface area contributed by atoms with E-state index in [4.69, 9.17) is 4.98 Å². The van der Waals surface area contributed by atoms with Gasteiger partial charge in [-0.2, -0.15) is 5.10 Å². The number of benzene rings is 2. The van der Waals surface area contributed by atoms with E-state index in [-0.39, 0.29) is 5.91 Å². The molecule has 0 unspecified atom stereocenters. The fourth-order valence-corrected chi connectivity index (χ4v) is 4.48. The number of carbonyl (C=O) groups excluding carboxylic acids is 1. The Morgan fingerprint density at radius 2 is 1.58 bits per heavy atom. The molecule has 3 heterocycles. The number of nitrogens with zero attached hydrogens (tertiary/aromatic N) is 3. The molecule has 0 aliphatic carbocycles. The van der Waals surface area contributed by atoms with Gasteiger partial charge in [-0.15, -0.1) is 22.7 Å². The number of thiophene rings is 2. The van der Waals surface area contributed by atoms with E-state index in [1.165, 1.54) is 0 Å². The van der Waals surface area contributed by atoms with Crippen LogP contribution in [0.4, 0.5) is 5.69 Å². The summed E-state index contributed by atoms with van der Waals surface area (Å²) in [5.41, 5.74) is 6.40. The number of pyridine rings is 1. The van der Waals surface area contributed by atoms with Crippen molar-refractivity contribution in [3.8, 4) is 11.3 Å². The minimum atomic E-state index is -0.278. The van der Waals surface area contributed by atoms with E-state index in [9.17, 15) is 4.79 Å². The highest BCUT2D eigenvalue weighted by Gasteiger charge is 2.13. The van der Waals surface area contributed by atoms with E-state index in [0.717, 1.165) is 37.6 Å². The van der Waals surface area contributed by atoms with Crippen LogP contribution in [0, 0.1) is 0 Å². The third kappa shape index (κ3) is 4.95. The summed E-state index contributed by atoms with van der Waals surface area (Å²) in [6, 6.07) is 25.2. The smallest absolute Gasteiger partial charge is 0.267 e. The zero-order valence-corrected chi connectivity index (χ0v) is 19.0. The molecule has 5 rings (SSSR count). The van der Waals surface area contributed by atoms with Crippen molar-refractivity contribution in [2.24, 2.45) is 10.1 Å². The maximum absolute atomic E-state index is 13.0. The van der Waals surface area contributed by atoms with Gasteiger partial charge in [-0.3, -0.25) is 9.79 Å². The average Bonchev–Trinajstić information content (AvgIpc) is 3.57. The Kier molecular flexibility index (Phi) is 6.14. The van der Waals surface area contributed by atoms with Gasteiger partial charge in [0.1, 0.15) is 0 Å². The zero-order chi connectivity index (χ0) is 22.5. The number of hydrogen-bond donors (Lipinski definition) is 1. The second kappa shape index (κ2) is 9.68. The number of hydrazone groups is 1. The number of aliphatic imine (C=N–C) groups is 1. The summed E-state index contributed by atoms with van der Waals surface area (Å²) >= 11 is 3.20. The average molecular weight is 467 g/mol. The van der Waals surface area contributed by atoms with Crippen molar-refractivity contribution >= 4 is 57.6 Å². The van der Waals surface area contributed by atoms with Crippen molar-refractivity contribution < 1.29 is 4.79 Å². The Bertz CT molecular complexity index is 1440. The van der Waals surface area contributed by atoms with Crippen LogP contribution in [0.2, 0.25) is 0 Å². The number of hydrogen-bond acceptors (Lipinski definition) is 6. The van der Waals surface area contributed by atoms with Gasteiger partial charge in [0.2, 0.25) is 0 Å². The number of para-hydroxylation sites is 1. The van der Waals surface area contributed by atoms with Gasteiger partial charge >= 0.3 is 0 Å². The van der Waals surface area contributed by atoms with Crippen molar-refractivity contribution in [1.29, 1.82) is 0 Å². The fourth-order valence-electron chi connectivity index (χ4n) is 3.31. The van der Waals surface area contributed by atoms with Crippen LogP contribution in [0.15, 0.2) is 99.7 Å². The summed E-state index contributed by atoms with van der Waals surface area (Å²) in [4.78, 5) is 24.3. The molecule has 33 heavy (non-hydrogen) atoms. The number of fused-ring (bicyclic) bond motifs is 1. The van der Waals surface area contributed by atoms with Gasteiger partial charge in [-0.05, 0) is 47.2 Å². The number of carbonyl (C=O) groups is 1. The van der Waals surface area contributed by atoms with Gasteiger partial charge in [0.15, 0.2) is 0 Å². The highest BCUT2D eigenvalue weighted by molar-refractivity contribution is 7.12. The summed E-state index contributed by atoms with van der Waals surface area (Å²) in [7, 11) is 0. The number of amides is 1. The predicted octanol–water partition coefficient (Wildman–Crippen LogP) is 6.54. The first-order valence-corrected chi connectivity index (χ1v) is 12.0. The first-order valence-electron chi connectivity index (χ1n) is 10.2. The minimum Gasteiger partial charge on any atom is -0.267 e. The topological polar surface area (TPSA) is 66.7 Å². The summed E-state index contributed by atoms with van der Waals surface area (Å²) in [5, 5.41) is 8.87. The molecule has 1 amide bonds. The third-order valence-electron chi connectivity index (χ3n) is 4.91. The summed E-state index contributed by atoms with van der Waals surface area (Å²) in [6.45, 7) is 0. The highest BCUT2D eigenvalue weighted by atomic mass is 32.1. The van der Waals surface area contributed by atoms with Crippen molar-refractivity contribution in [2.75, 3.05) is 0 Å². The van der Waals surface area contributed by atoms with Gasteiger partial charge in [0, 0.05) is 26.9 Å². The molecule has 0 fully saturated rings. The molecule has 5 aromatic rings. The Morgan fingerprint density at radius 1 is 0.848 bits per heavy atom. The lowest BCUT2D eigenvalue weighted by atomic mass is 10.0. The van der Waals surface area contributed by atoms with Crippen molar-refractivity contribution in [3.63, 3.8) is 0 Å². The molecular formula is C26H18N4OS2.